The van der Waals surface area contributed by atoms with E-state index in [2.05, 4.69) is 82.9 Å². The third-order valence-corrected chi connectivity index (χ3v) is 8.13. The van der Waals surface area contributed by atoms with Crippen LogP contribution in [-0.4, -0.2) is 59.7 Å². The molecule has 3 aliphatic heterocycles. The number of nitrogens with zero attached hydrogens (tertiary/aromatic N) is 6. The Labute approximate surface area is 219 Å². The summed E-state index contributed by atoms with van der Waals surface area (Å²) in [6, 6.07) is 16.1. The van der Waals surface area contributed by atoms with Gasteiger partial charge in [-0.15, -0.1) is 0 Å². The van der Waals surface area contributed by atoms with E-state index >= 15 is 0 Å². The molecule has 1 aromatic heterocycles. The van der Waals surface area contributed by atoms with Crippen molar-refractivity contribution in [2.75, 3.05) is 42.5 Å². The van der Waals surface area contributed by atoms with Crippen LogP contribution in [0, 0.1) is 18.3 Å². The average molecular weight is 494 g/mol. The highest BCUT2D eigenvalue weighted by Gasteiger charge is 2.36. The minimum absolute atomic E-state index is 0.128. The van der Waals surface area contributed by atoms with E-state index in [1.807, 2.05) is 0 Å². The Balaban J connectivity index is 1.31. The highest BCUT2D eigenvalue weighted by atomic mass is 15.3. The molecule has 2 atom stereocenters. The molecule has 1 N–H and O–H groups in total. The van der Waals surface area contributed by atoms with E-state index in [1.165, 1.54) is 27.6 Å². The molecule has 3 aliphatic rings. The third kappa shape index (κ3) is 4.40. The second-order valence-corrected chi connectivity index (χ2v) is 10.5. The summed E-state index contributed by atoms with van der Waals surface area (Å²) < 4.78 is 0. The molecule has 2 saturated heterocycles. The van der Waals surface area contributed by atoms with Gasteiger partial charge in [0, 0.05) is 61.5 Å². The van der Waals surface area contributed by atoms with E-state index in [0.717, 1.165) is 75.1 Å². The summed E-state index contributed by atoms with van der Waals surface area (Å²) in [5.74, 6) is 1.98. The van der Waals surface area contributed by atoms with E-state index < -0.39 is 0 Å². The predicted octanol–water partition coefficient (Wildman–Crippen LogP) is 3.95. The van der Waals surface area contributed by atoms with Gasteiger partial charge in [-0.05, 0) is 30.4 Å². The molecule has 0 radical (unpaired) electrons. The molecule has 6 rings (SSSR count). The lowest BCUT2D eigenvalue weighted by atomic mass is 9.99. The molecule has 7 nitrogen and oxygen atoms in total. The summed E-state index contributed by atoms with van der Waals surface area (Å²) >= 11 is 0. The first kappa shape index (κ1) is 23.7. The van der Waals surface area contributed by atoms with E-state index in [-0.39, 0.29) is 6.04 Å². The summed E-state index contributed by atoms with van der Waals surface area (Å²) in [7, 11) is 0. The summed E-state index contributed by atoms with van der Waals surface area (Å²) in [6.45, 7) is 13.9. The third-order valence-electron chi connectivity index (χ3n) is 8.13. The van der Waals surface area contributed by atoms with Gasteiger partial charge in [-0.2, -0.15) is 5.26 Å². The maximum atomic E-state index is 9.56. The van der Waals surface area contributed by atoms with Gasteiger partial charge in [0.1, 0.15) is 11.6 Å². The number of aromatic nitrogens is 2. The van der Waals surface area contributed by atoms with Crippen molar-refractivity contribution in [2.45, 2.75) is 51.7 Å². The van der Waals surface area contributed by atoms with Gasteiger partial charge in [0.25, 0.3) is 0 Å². The average Bonchev–Trinajstić information content (AvgIpc) is 3.77. The summed E-state index contributed by atoms with van der Waals surface area (Å²) in [6.07, 6.45) is 2.21. The van der Waals surface area contributed by atoms with Crippen molar-refractivity contribution in [3.05, 3.63) is 71.3 Å². The van der Waals surface area contributed by atoms with Gasteiger partial charge in [-0.1, -0.05) is 43.8 Å². The van der Waals surface area contributed by atoms with Gasteiger partial charge < -0.3 is 20.0 Å². The minimum atomic E-state index is 0.128. The quantitative estimate of drug-likeness (QED) is 0.521. The highest BCUT2D eigenvalue weighted by Crippen LogP contribution is 2.35. The van der Waals surface area contributed by atoms with Crippen LogP contribution in [0.15, 0.2) is 48.7 Å². The van der Waals surface area contributed by atoms with E-state index in [1.54, 1.807) is 0 Å². The number of hydrogen-bond acceptors (Lipinski definition) is 7. The van der Waals surface area contributed by atoms with Crippen molar-refractivity contribution in [3.63, 3.8) is 0 Å². The lowest BCUT2D eigenvalue weighted by molar-refractivity contribution is 0.225. The van der Waals surface area contributed by atoms with Crippen LogP contribution in [0.1, 0.15) is 36.0 Å². The van der Waals surface area contributed by atoms with Gasteiger partial charge in [0.2, 0.25) is 0 Å². The van der Waals surface area contributed by atoms with Crippen LogP contribution in [0.2, 0.25) is 0 Å². The first-order valence-electron chi connectivity index (χ1n) is 13.5. The number of fused-ring (bicyclic) bond motifs is 2. The van der Waals surface area contributed by atoms with Gasteiger partial charge in [0.05, 0.1) is 36.8 Å². The fourth-order valence-corrected chi connectivity index (χ4v) is 6.06. The van der Waals surface area contributed by atoms with Crippen LogP contribution in [-0.2, 0) is 19.4 Å². The van der Waals surface area contributed by atoms with Crippen LogP contribution in [0.4, 0.5) is 11.5 Å². The Hall–Kier alpha value is -3.63. The summed E-state index contributed by atoms with van der Waals surface area (Å²) in [5, 5.41) is 15.5. The zero-order chi connectivity index (χ0) is 25.5. The van der Waals surface area contributed by atoms with Crippen LogP contribution in [0.3, 0.4) is 0 Å². The Morgan fingerprint density at radius 1 is 1.14 bits per heavy atom. The fourth-order valence-electron chi connectivity index (χ4n) is 6.06. The van der Waals surface area contributed by atoms with Crippen LogP contribution < -0.4 is 15.1 Å². The molecule has 2 aromatic carbocycles. The number of aryl methyl sites for hydroxylation is 2. The predicted molar refractivity (Wildman–Crippen MR) is 149 cm³/mol. The molecule has 2 fully saturated rings. The number of piperazine rings is 1. The van der Waals surface area contributed by atoms with Crippen molar-refractivity contribution >= 4 is 22.3 Å². The van der Waals surface area contributed by atoms with Gasteiger partial charge in [-0.3, -0.25) is 0 Å². The number of rotatable bonds is 6. The van der Waals surface area contributed by atoms with E-state index in [9.17, 15) is 5.26 Å². The van der Waals surface area contributed by atoms with Crippen LogP contribution >= 0.6 is 0 Å². The molecule has 3 aromatic rings. The SMILES string of the molecule is C=C(C1CN1)N1CCN(c2nc(CC)nc3c2CCN(c2cccc4cccc(C)c24)C3)CC1CC#N. The topological polar surface area (TPSA) is 81.2 Å². The van der Waals surface area contributed by atoms with Crippen LogP contribution in [0.5, 0.6) is 0 Å². The van der Waals surface area contributed by atoms with Gasteiger partial charge in [-0.25, -0.2) is 9.97 Å². The van der Waals surface area contributed by atoms with Crippen molar-refractivity contribution < 1.29 is 0 Å². The smallest absolute Gasteiger partial charge is 0.136 e. The maximum Gasteiger partial charge on any atom is 0.136 e. The highest BCUT2D eigenvalue weighted by molar-refractivity contribution is 5.97. The van der Waals surface area contributed by atoms with Crippen molar-refractivity contribution in [3.8, 4) is 6.07 Å². The fraction of sp³-hybridized carbons (Fsp3) is 0.433. The molecule has 7 heteroatoms. The molecule has 4 heterocycles. The molecule has 37 heavy (non-hydrogen) atoms. The van der Waals surface area contributed by atoms with Crippen LogP contribution in [0.25, 0.3) is 10.8 Å². The van der Waals surface area contributed by atoms with E-state index in [4.69, 9.17) is 9.97 Å². The zero-order valence-electron chi connectivity index (χ0n) is 21.9. The number of nitrogens with one attached hydrogen (secondary N) is 1. The lowest BCUT2D eigenvalue weighted by Gasteiger charge is -2.44. The number of anilines is 2. The summed E-state index contributed by atoms with van der Waals surface area (Å²) in [4.78, 5) is 17.3. The van der Waals surface area contributed by atoms with Crippen molar-refractivity contribution in [1.29, 1.82) is 5.26 Å². The Kier molecular flexibility index (Phi) is 6.21. The molecule has 0 aliphatic carbocycles. The number of nitriles is 1. The van der Waals surface area contributed by atoms with Crippen molar-refractivity contribution in [2.24, 2.45) is 0 Å². The molecule has 0 saturated carbocycles. The summed E-state index contributed by atoms with van der Waals surface area (Å²) in [5.41, 5.74) is 6.14. The number of benzene rings is 2. The van der Waals surface area contributed by atoms with E-state index in [0.29, 0.717) is 12.5 Å². The minimum Gasteiger partial charge on any atom is -0.366 e. The first-order valence-corrected chi connectivity index (χ1v) is 13.5. The monoisotopic (exact) mass is 493 g/mol. The van der Waals surface area contributed by atoms with Crippen molar-refractivity contribution in [1.82, 2.24) is 20.2 Å². The molecule has 2 unspecified atom stereocenters. The van der Waals surface area contributed by atoms with Gasteiger partial charge >= 0.3 is 0 Å². The molecule has 0 spiro atoms. The first-order chi connectivity index (χ1) is 18.1. The zero-order valence-corrected chi connectivity index (χ0v) is 21.9. The van der Waals surface area contributed by atoms with Gasteiger partial charge in [0.15, 0.2) is 0 Å². The number of hydrogen-bond donors (Lipinski definition) is 1. The lowest BCUT2D eigenvalue weighted by Crippen LogP contribution is -2.54. The molecular weight excluding hydrogens is 458 g/mol. The molecular formula is C30H35N7. The normalized spacial score (nSPS) is 21.1. The second-order valence-electron chi connectivity index (χ2n) is 10.5. The molecule has 0 bridgehead atoms. The Bertz CT molecular complexity index is 1380. The maximum absolute atomic E-state index is 9.56. The molecule has 190 valence electrons. The standard InChI is InChI=1S/C30H35N7/c1-4-28-33-26-19-35(27-10-6-9-22-8-5-7-20(2)29(22)27)14-12-24(26)30(34-28)36-15-16-37(21(3)25-17-32-25)23(18-36)11-13-31/h5-10,23,25,32H,3-4,11-12,14-19H2,1-2H3. The molecule has 0 amide bonds. The Morgan fingerprint density at radius 3 is 2.70 bits per heavy atom. The second kappa shape index (κ2) is 9.68. The Morgan fingerprint density at radius 2 is 1.95 bits per heavy atom. The largest absolute Gasteiger partial charge is 0.366 e.